The molecule has 2 aliphatic rings. The summed E-state index contributed by atoms with van der Waals surface area (Å²) in [6.45, 7) is 8.54. The van der Waals surface area contributed by atoms with Crippen LogP contribution in [0.1, 0.15) is 24.6 Å². The number of hydrogen-bond acceptors (Lipinski definition) is 5. The minimum Gasteiger partial charge on any atom is -0.348 e. The van der Waals surface area contributed by atoms with Crippen molar-refractivity contribution in [1.82, 2.24) is 19.6 Å². The first-order valence-electron chi connectivity index (χ1n) is 8.26. The van der Waals surface area contributed by atoms with Crippen LogP contribution >= 0.6 is 11.8 Å². The number of amidine groups is 1. The normalized spacial score (nSPS) is 21.7. The molecule has 1 aromatic heterocycles. The molecular formula is C16H25N5OS. The molecule has 1 atom stereocenters. The summed E-state index contributed by atoms with van der Waals surface area (Å²) in [5, 5.41) is 6.08. The fourth-order valence-corrected chi connectivity index (χ4v) is 4.07. The van der Waals surface area contributed by atoms with E-state index >= 15 is 0 Å². The van der Waals surface area contributed by atoms with Gasteiger partial charge in [-0.3, -0.25) is 14.5 Å². The highest BCUT2D eigenvalue weighted by Gasteiger charge is 2.26. The summed E-state index contributed by atoms with van der Waals surface area (Å²) < 4.78 is 1.81. The number of amides is 1. The summed E-state index contributed by atoms with van der Waals surface area (Å²) in [5.74, 6) is 0.252. The van der Waals surface area contributed by atoms with E-state index < -0.39 is 0 Å². The summed E-state index contributed by atoms with van der Waals surface area (Å²) in [5.41, 5.74) is 2.20. The van der Waals surface area contributed by atoms with Gasteiger partial charge in [-0.2, -0.15) is 5.10 Å². The number of piperazine rings is 1. The Labute approximate surface area is 141 Å². The van der Waals surface area contributed by atoms with E-state index in [0.29, 0.717) is 11.7 Å². The van der Waals surface area contributed by atoms with Gasteiger partial charge in [-0.15, -0.1) is 0 Å². The quantitative estimate of drug-likeness (QED) is 0.835. The van der Waals surface area contributed by atoms with E-state index in [0.717, 1.165) is 50.0 Å². The van der Waals surface area contributed by atoms with Crippen LogP contribution in [0.5, 0.6) is 0 Å². The van der Waals surface area contributed by atoms with Gasteiger partial charge in [0, 0.05) is 51.1 Å². The van der Waals surface area contributed by atoms with Crippen LogP contribution < -0.4 is 0 Å². The van der Waals surface area contributed by atoms with E-state index in [2.05, 4.69) is 21.9 Å². The van der Waals surface area contributed by atoms with E-state index in [1.54, 1.807) is 0 Å². The largest absolute Gasteiger partial charge is 0.348 e. The zero-order chi connectivity index (χ0) is 16.4. The molecule has 7 heteroatoms. The van der Waals surface area contributed by atoms with Gasteiger partial charge in [-0.25, -0.2) is 0 Å². The van der Waals surface area contributed by atoms with Crippen LogP contribution in [0.4, 0.5) is 0 Å². The molecule has 0 saturated carbocycles. The van der Waals surface area contributed by atoms with Crippen LogP contribution in [-0.2, 0) is 18.3 Å². The van der Waals surface area contributed by atoms with E-state index in [4.69, 9.17) is 0 Å². The van der Waals surface area contributed by atoms with E-state index in [1.165, 1.54) is 5.56 Å². The molecule has 0 unspecified atom stereocenters. The predicted octanol–water partition coefficient (Wildman–Crippen LogP) is 1.30. The number of aromatic nitrogens is 2. The van der Waals surface area contributed by atoms with Gasteiger partial charge in [0.25, 0.3) is 0 Å². The highest BCUT2D eigenvalue weighted by Crippen LogP contribution is 2.23. The second-order valence-electron chi connectivity index (χ2n) is 6.33. The van der Waals surface area contributed by atoms with E-state index in [-0.39, 0.29) is 5.91 Å². The number of hydrogen-bond donors (Lipinski definition) is 0. The third-order valence-electron chi connectivity index (χ3n) is 4.42. The van der Waals surface area contributed by atoms with Crippen molar-refractivity contribution in [3.63, 3.8) is 0 Å². The molecule has 23 heavy (non-hydrogen) atoms. The topological polar surface area (TPSA) is 53.7 Å². The molecule has 0 N–H and O–H groups in total. The summed E-state index contributed by atoms with van der Waals surface area (Å²) in [6.07, 6.45) is 3.36. The van der Waals surface area contributed by atoms with Gasteiger partial charge in [0.1, 0.15) is 0 Å². The van der Waals surface area contributed by atoms with Crippen LogP contribution in [0.15, 0.2) is 11.2 Å². The number of carbonyl (C=O) groups excluding carboxylic acids is 1. The molecule has 2 aliphatic heterocycles. The molecule has 3 rings (SSSR count). The minimum atomic E-state index is 0.252. The SMILES string of the molecule is Cc1nn(C)cc1CCC(=O)N1CCN(C2=NC[C@H](C)S2)CC1. The van der Waals surface area contributed by atoms with Crippen molar-refractivity contribution >= 4 is 22.8 Å². The highest BCUT2D eigenvalue weighted by atomic mass is 32.2. The van der Waals surface area contributed by atoms with Crippen molar-refractivity contribution in [3.8, 4) is 0 Å². The Bertz CT molecular complexity index is 604. The maximum Gasteiger partial charge on any atom is 0.223 e. The minimum absolute atomic E-state index is 0.252. The Balaban J connectivity index is 1.46. The predicted molar refractivity (Wildman–Crippen MR) is 93.8 cm³/mol. The lowest BCUT2D eigenvalue weighted by Crippen LogP contribution is -2.49. The van der Waals surface area contributed by atoms with Gasteiger partial charge >= 0.3 is 0 Å². The van der Waals surface area contributed by atoms with Gasteiger partial charge in [-0.1, -0.05) is 18.7 Å². The van der Waals surface area contributed by atoms with Crippen LogP contribution in [0.2, 0.25) is 0 Å². The average molecular weight is 335 g/mol. The van der Waals surface area contributed by atoms with Crippen molar-refractivity contribution in [2.45, 2.75) is 31.9 Å². The molecule has 0 bridgehead atoms. The summed E-state index contributed by atoms with van der Waals surface area (Å²) in [4.78, 5) is 21.3. The molecule has 1 aromatic rings. The zero-order valence-electron chi connectivity index (χ0n) is 14.2. The van der Waals surface area contributed by atoms with Gasteiger partial charge in [-0.05, 0) is 18.9 Å². The Morgan fingerprint density at radius 3 is 2.65 bits per heavy atom. The standard InChI is InChI=1S/C16H25N5OS/c1-12-10-17-16(23-12)21-8-6-20(7-9-21)15(22)5-4-14-11-19(3)18-13(14)2/h11-12H,4-10H2,1-3H3/t12-/m0/s1. The second-order valence-corrected chi connectivity index (χ2v) is 7.74. The Morgan fingerprint density at radius 2 is 2.09 bits per heavy atom. The van der Waals surface area contributed by atoms with Crippen molar-refractivity contribution in [2.24, 2.45) is 12.0 Å². The molecule has 0 spiro atoms. The van der Waals surface area contributed by atoms with Crippen molar-refractivity contribution in [2.75, 3.05) is 32.7 Å². The Morgan fingerprint density at radius 1 is 1.35 bits per heavy atom. The molecule has 0 aliphatic carbocycles. The van der Waals surface area contributed by atoms with Gasteiger partial charge < -0.3 is 9.80 Å². The number of nitrogens with zero attached hydrogens (tertiary/aromatic N) is 5. The lowest BCUT2D eigenvalue weighted by atomic mass is 10.1. The Kier molecular flexibility index (Phi) is 4.94. The summed E-state index contributed by atoms with van der Waals surface area (Å²) in [6, 6.07) is 0. The van der Waals surface area contributed by atoms with Crippen molar-refractivity contribution in [1.29, 1.82) is 0 Å². The van der Waals surface area contributed by atoms with E-state index in [1.807, 2.05) is 41.5 Å². The molecule has 6 nitrogen and oxygen atoms in total. The van der Waals surface area contributed by atoms with E-state index in [9.17, 15) is 4.79 Å². The molecule has 126 valence electrons. The Hall–Kier alpha value is -1.50. The van der Waals surface area contributed by atoms with Crippen LogP contribution in [0.25, 0.3) is 0 Å². The molecule has 0 radical (unpaired) electrons. The average Bonchev–Trinajstić information content (AvgIpc) is 3.10. The molecule has 1 fully saturated rings. The van der Waals surface area contributed by atoms with Crippen LogP contribution in [-0.4, -0.2) is 68.6 Å². The molecular weight excluding hydrogens is 310 g/mol. The lowest BCUT2D eigenvalue weighted by Gasteiger charge is -2.35. The summed E-state index contributed by atoms with van der Waals surface area (Å²) in [7, 11) is 1.92. The maximum absolute atomic E-state index is 12.4. The smallest absolute Gasteiger partial charge is 0.223 e. The number of rotatable bonds is 3. The highest BCUT2D eigenvalue weighted by molar-refractivity contribution is 8.14. The fourth-order valence-electron chi connectivity index (χ4n) is 3.08. The van der Waals surface area contributed by atoms with Gasteiger partial charge in [0.15, 0.2) is 5.17 Å². The number of aryl methyl sites for hydroxylation is 3. The third-order valence-corrected chi connectivity index (χ3v) is 5.57. The third kappa shape index (κ3) is 3.88. The fraction of sp³-hybridized carbons (Fsp3) is 0.688. The van der Waals surface area contributed by atoms with Crippen LogP contribution in [0.3, 0.4) is 0 Å². The summed E-state index contributed by atoms with van der Waals surface area (Å²) >= 11 is 1.86. The lowest BCUT2D eigenvalue weighted by molar-refractivity contribution is -0.132. The monoisotopic (exact) mass is 335 g/mol. The van der Waals surface area contributed by atoms with Gasteiger partial charge in [0.2, 0.25) is 5.91 Å². The van der Waals surface area contributed by atoms with Gasteiger partial charge in [0.05, 0.1) is 12.2 Å². The molecule has 1 amide bonds. The molecule has 1 saturated heterocycles. The number of aliphatic imine (C=N–C) groups is 1. The van der Waals surface area contributed by atoms with Crippen LogP contribution in [0, 0.1) is 6.92 Å². The maximum atomic E-state index is 12.4. The first kappa shape index (κ1) is 16.4. The zero-order valence-corrected chi connectivity index (χ0v) is 15.0. The van der Waals surface area contributed by atoms with Crippen molar-refractivity contribution < 1.29 is 4.79 Å². The van der Waals surface area contributed by atoms with Crippen molar-refractivity contribution in [3.05, 3.63) is 17.5 Å². The molecule has 3 heterocycles. The number of thioether (sulfide) groups is 1. The molecule has 0 aromatic carbocycles. The second kappa shape index (κ2) is 6.95. The first-order chi connectivity index (χ1) is 11.0. The first-order valence-corrected chi connectivity index (χ1v) is 9.14. The number of carbonyl (C=O) groups is 1.